The van der Waals surface area contributed by atoms with Crippen molar-refractivity contribution in [3.63, 3.8) is 0 Å². The van der Waals surface area contributed by atoms with Gasteiger partial charge in [0, 0.05) is 18.3 Å². The first-order valence-electron chi connectivity index (χ1n) is 2.49. The molecule has 1 aromatic heterocycles. The van der Waals surface area contributed by atoms with Gasteiger partial charge in [-0.3, -0.25) is 0 Å². The summed E-state index contributed by atoms with van der Waals surface area (Å²) in [6, 6.07) is 1.86. The highest BCUT2D eigenvalue weighted by Crippen LogP contribution is 1.91. The lowest BCUT2D eigenvalue weighted by Crippen LogP contribution is -1.82. The summed E-state index contributed by atoms with van der Waals surface area (Å²) in [6.45, 7) is 1.95. The van der Waals surface area contributed by atoms with Gasteiger partial charge in [0.05, 0.1) is 0 Å². The van der Waals surface area contributed by atoms with E-state index in [2.05, 4.69) is 9.97 Å². The van der Waals surface area contributed by atoms with Gasteiger partial charge in [0.2, 0.25) is 0 Å². The molecule has 0 saturated heterocycles. The minimum absolute atomic E-state index is 0.972. The quantitative estimate of drug-likeness (QED) is 0.536. The lowest BCUT2D eigenvalue weighted by atomic mass is 10.3. The van der Waals surface area contributed by atoms with E-state index in [1.54, 1.807) is 6.20 Å². The van der Waals surface area contributed by atoms with E-state index < -0.39 is 0 Å². The first-order chi connectivity index (χ1) is 3.93. The van der Waals surface area contributed by atoms with Crippen molar-refractivity contribution in [3.8, 4) is 0 Å². The van der Waals surface area contributed by atoms with Gasteiger partial charge < -0.3 is 0 Å². The van der Waals surface area contributed by atoms with Crippen molar-refractivity contribution < 1.29 is 0 Å². The topological polar surface area (TPSA) is 25.8 Å². The number of nitrogens with zero attached hydrogens (tertiary/aromatic N) is 2. The van der Waals surface area contributed by atoms with Gasteiger partial charge in [0.1, 0.15) is 6.33 Å². The minimum Gasteiger partial charge on any atom is -0.245 e. The van der Waals surface area contributed by atoms with Crippen LogP contribution >= 0.6 is 0 Å². The standard InChI is InChI=1S/C6H7N2/c1-2-6-3-4-7-5-8-6/h2-5H,1H3. The molecule has 2 nitrogen and oxygen atoms in total. The van der Waals surface area contributed by atoms with Crippen molar-refractivity contribution in [1.82, 2.24) is 9.97 Å². The van der Waals surface area contributed by atoms with Crippen LogP contribution in [0.5, 0.6) is 0 Å². The normalized spacial score (nSPS) is 9.12. The summed E-state index contributed by atoms with van der Waals surface area (Å²) in [5.41, 5.74) is 0.972. The molecule has 41 valence electrons. The van der Waals surface area contributed by atoms with Crippen molar-refractivity contribution in [3.05, 3.63) is 30.7 Å². The van der Waals surface area contributed by atoms with Crippen LogP contribution in [0.1, 0.15) is 12.6 Å². The Morgan fingerprint density at radius 1 is 1.62 bits per heavy atom. The van der Waals surface area contributed by atoms with E-state index in [0.717, 1.165) is 5.69 Å². The maximum atomic E-state index is 3.93. The van der Waals surface area contributed by atoms with Crippen molar-refractivity contribution >= 4 is 0 Å². The van der Waals surface area contributed by atoms with Crippen LogP contribution in [0.2, 0.25) is 0 Å². The fourth-order valence-corrected chi connectivity index (χ4v) is 0.472. The summed E-state index contributed by atoms with van der Waals surface area (Å²) in [4.78, 5) is 7.69. The Bertz CT molecular complexity index is 148. The van der Waals surface area contributed by atoms with E-state index in [1.807, 2.05) is 19.4 Å². The first-order valence-corrected chi connectivity index (χ1v) is 2.49. The monoisotopic (exact) mass is 107 g/mol. The Labute approximate surface area is 48.6 Å². The van der Waals surface area contributed by atoms with Crippen molar-refractivity contribution in [2.24, 2.45) is 0 Å². The molecule has 0 atom stereocenters. The van der Waals surface area contributed by atoms with Gasteiger partial charge in [-0.05, 0) is 6.07 Å². The lowest BCUT2D eigenvalue weighted by Gasteiger charge is -1.87. The van der Waals surface area contributed by atoms with E-state index in [9.17, 15) is 0 Å². The Balaban J connectivity index is 2.83. The van der Waals surface area contributed by atoms with Crippen molar-refractivity contribution in [1.29, 1.82) is 0 Å². The third-order valence-corrected chi connectivity index (χ3v) is 0.901. The van der Waals surface area contributed by atoms with Crippen LogP contribution in [0.25, 0.3) is 0 Å². The molecule has 0 spiro atoms. The average molecular weight is 107 g/mol. The van der Waals surface area contributed by atoms with Crippen LogP contribution in [-0.4, -0.2) is 9.97 Å². The molecule has 8 heavy (non-hydrogen) atoms. The van der Waals surface area contributed by atoms with E-state index in [0.29, 0.717) is 0 Å². The number of hydrogen-bond donors (Lipinski definition) is 0. The Hall–Kier alpha value is -0.920. The molecular weight excluding hydrogens is 100 g/mol. The fourth-order valence-electron chi connectivity index (χ4n) is 0.472. The summed E-state index contributed by atoms with van der Waals surface area (Å²) in [7, 11) is 0. The molecule has 1 rings (SSSR count). The summed E-state index contributed by atoms with van der Waals surface area (Å²) in [5, 5.41) is 0. The zero-order valence-electron chi connectivity index (χ0n) is 4.70. The smallest absolute Gasteiger partial charge is 0.115 e. The lowest BCUT2D eigenvalue weighted by molar-refractivity contribution is 1.11. The average Bonchev–Trinajstić information content (AvgIpc) is 1.90. The van der Waals surface area contributed by atoms with E-state index in [1.165, 1.54) is 6.33 Å². The summed E-state index contributed by atoms with van der Waals surface area (Å²) >= 11 is 0. The maximum absolute atomic E-state index is 3.93. The zero-order chi connectivity index (χ0) is 5.82. The van der Waals surface area contributed by atoms with Crippen molar-refractivity contribution in [2.45, 2.75) is 6.92 Å². The highest BCUT2D eigenvalue weighted by molar-refractivity contribution is 5.06. The van der Waals surface area contributed by atoms with Crippen LogP contribution in [0, 0.1) is 6.42 Å². The molecule has 0 amide bonds. The van der Waals surface area contributed by atoms with Gasteiger partial charge >= 0.3 is 0 Å². The molecule has 0 aliphatic carbocycles. The van der Waals surface area contributed by atoms with E-state index >= 15 is 0 Å². The molecule has 0 aliphatic rings. The Morgan fingerprint density at radius 3 is 2.88 bits per heavy atom. The Morgan fingerprint density at radius 2 is 2.50 bits per heavy atom. The van der Waals surface area contributed by atoms with Gasteiger partial charge in [-0.15, -0.1) is 0 Å². The predicted octanol–water partition coefficient (Wildman–Crippen LogP) is 1.05. The largest absolute Gasteiger partial charge is 0.245 e. The fraction of sp³-hybridized carbons (Fsp3) is 0.167. The third-order valence-electron chi connectivity index (χ3n) is 0.901. The number of aromatic nitrogens is 2. The molecule has 0 unspecified atom stereocenters. The van der Waals surface area contributed by atoms with Gasteiger partial charge in [0.25, 0.3) is 0 Å². The molecular formula is C6H7N2. The van der Waals surface area contributed by atoms with E-state index in [-0.39, 0.29) is 0 Å². The minimum atomic E-state index is 0.972. The molecule has 0 fully saturated rings. The summed E-state index contributed by atoms with van der Waals surface area (Å²) < 4.78 is 0. The first kappa shape index (κ1) is 5.22. The molecule has 2 heteroatoms. The van der Waals surface area contributed by atoms with Crippen molar-refractivity contribution in [2.75, 3.05) is 0 Å². The summed E-state index contributed by atoms with van der Waals surface area (Å²) in [6.07, 6.45) is 5.19. The highest BCUT2D eigenvalue weighted by Gasteiger charge is 1.83. The third kappa shape index (κ3) is 1.03. The van der Waals surface area contributed by atoms with Crippen LogP contribution in [-0.2, 0) is 0 Å². The molecule has 1 heterocycles. The van der Waals surface area contributed by atoms with Gasteiger partial charge in [-0.1, -0.05) is 6.92 Å². The molecule has 0 bridgehead atoms. The molecule has 1 aromatic rings. The second-order valence-electron chi connectivity index (χ2n) is 1.42. The predicted molar refractivity (Wildman–Crippen MR) is 31.1 cm³/mol. The molecule has 0 aliphatic heterocycles. The number of hydrogen-bond acceptors (Lipinski definition) is 2. The van der Waals surface area contributed by atoms with Crippen LogP contribution in [0.4, 0.5) is 0 Å². The SMILES string of the molecule is C[CH]c1ccncn1. The van der Waals surface area contributed by atoms with Crippen LogP contribution < -0.4 is 0 Å². The van der Waals surface area contributed by atoms with Gasteiger partial charge in [-0.25, -0.2) is 9.97 Å². The number of rotatable bonds is 1. The van der Waals surface area contributed by atoms with Gasteiger partial charge in [0.15, 0.2) is 0 Å². The molecule has 0 N–H and O–H groups in total. The second-order valence-corrected chi connectivity index (χ2v) is 1.42. The zero-order valence-corrected chi connectivity index (χ0v) is 4.70. The highest BCUT2D eigenvalue weighted by atomic mass is 14.8. The van der Waals surface area contributed by atoms with E-state index in [4.69, 9.17) is 0 Å². The van der Waals surface area contributed by atoms with Gasteiger partial charge in [-0.2, -0.15) is 0 Å². The molecule has 0 saturated carbocycles. The summed E-state index contributed by atoms with van der Waals surface area (Å²) in [5.74, 6) is 0. The molecule has 1 radical (unpaired) electrons. The molecule has 0 aromatic carbocycles. The maximum Gasteiger partial charge on any atom is 0.115 e. The van der Waals surface area contributed by atoms with Crippen LogP contribution in [0.15, 0.2) is 18.6 Å². The second kappa shape index (κ2) is 2.40. The van der Waals surface area contributed by atoms with Crippen LogP contribution in [0.3, 0.4) is 0 Å². The Kier molecular flexibility index (Phi) is 1.57.